The van der Waals surface area contributed by atoms with E-state index in [-0.39, 0.29) is 11.7 Å². The highest BCUT2D eigenvalue weighted by Crippen LogP contribution is 2.21. The van der Waals surface area contributed by atoms with Gasteiger partial charge in [-0.25, -0.2) is 9.38 Å². The highest BCUT2D eigenvalue weighted by molar-refractivity contribution is 8.13. The first-order chi connectivity index (χ1) is 11.1. The molecule has 116 valence electrons. The van der Waals surface area contributed by atoms with E-state index >= 15 is 0 Å². The molecule has 0 aromatic heterocycles. The fourth-order valence-electron chi connectivity index (χ4n) is 1.78. The first-order valence-corrected chi connectivity index (χ1v) is 7.80. The van der Waals surface area contributed by atoms with E-state index in [2.05, 4.69) is 15.6 Å². The molecule has 0 aliphatic heterocycles. The summed E-state index contributed by atoms with van der Waals surface area (Å²) in [5, 5.41) is 14.2. The molecule has 0 bridgehead atoms. The Morgan fingerprint density at radius 1 is 1.22 bits per heavy atom. The number of nitrogens with one attached hydrogen (secondary N) is 2. The maximum absolute atomic E-state index is 12.9. The number of hydrogen-bond donors (Lipinski definition) is 2. The molecule has 1 amide bonds. The van der Waals surface area contributed by atoms with Crippen molar-refractivity contribution in [3.8, 4) is 6.19 Å². The van der Waals surface area contributed by atoms with Crippen LogP contribution >= 0.6 is 11.8 Å². The van der Waals surface area contributed by atoms with Crippen LogP contribution in [0.25, 0.3) is 0 Å². The lowest BCUT2D eigenvalue weighted by atomic mass is 10.1. The van der Waals surface area contributed by atoms with Crippen LogP contribution in [-0.4, -0.2) is 17.3 Å². The van der Waals surface area contributed by atoms with E-state index < -0.39 is 0 Å². The second-order valence-electron chi connectivity index (χ2n) is 4.34. The van der Waals surface area contributed by atoms with Gasteiger partial charge in [0.1, 0.15) is 5.82 Å². The summed E-state index contributed by atoms with van der Waals surface area (Å²) in [7, 11) is 0. The summed E-state index contributed by atoms with van der Waals surface area (Å²) in [5.41, 5.74) is 1.26. The zero-order valence-electron chi connectivity index (χ0n) is 12.2. The maximum atomic E-state index is 12.9. The number of amides is 1. The molecule has 2 aromatic rings. The zero-order chi connectivity index (χ0) is 16.7. The Hall–Kier alpha value is -2.85. The molecule has 5 nitrogen and oxygen atoms in total. The number of aliphatic imine (C=N–C) groups is 1. The lowest BCUT2D eigenvalue weighted by molar-refractivity contribution is 0.102. The predicted octanol–water partition coefficient (Wildman–Crippen LogP) is 3.50. The molecule has 0 unspecified atom stereocenters. The minimum absolute atomic E-state index is 0.350. The number of amidine groups is 1. The van der Waals surface area contributed by atoms with Crippen molar-refractivity contribution in [2.75, 3.05) is 11.6 Å². The number of carbonyl (C=O) groups is 1. The molecular formula is C16H13FN4OS. The highest BCUT2D eigenvalue weighted by Gasteiger charge is 2.11. The van der Waals surface area contributed by atoms with E-state index in [0.717, 1.165) is 0 Å². The summed E-state index contributed by atoms with van der Waals surface area (Å²) in [6, 6.07) is 12.3. The van der Waals surface area contributed by atoms with Gasteiger partial charge in [0.15, 0.2) is 11.4 Å². The molecule has 2 aromatic carbocycles. The van der Waals surface area contributed by atoms with Crippen LogP contribution in [0.2, 0.25) is 0 Å². The van der Waals surface area contributed by atoms with Crippen LogP contribution in [0.4, 0.5) is 15.8 Å². The fraction of sp³-hybridized carbons (Fsp3) is 0.0625. The summed E-state index contributed by atoms with van der Waals surface area (Å²) in [5.74, 6) is -0.742. The number of nitriles is 1. The number of halogens is 1. The van der Waals surface area contributed by atoms with E-state index in [1.54, 1.807) is 36.7 Å². The van der Waals surface area contributed by atoms with Crippen molar-refractivity contribution in [2.24, 2.45) is 4.99 Å². The zero-order valence-corrected chi connectivity index (χ0v) is 13.0. The van der Waals surface area contributed by atoms with Crippen LogP contribution < -0.4 is 10.6 Å². The van der Waals surface area contributed by atoms with Gasteiger partial charge in [-0.05, 0) is 42.7 Å². The number of benzene rings is 2. The number of anilines is 1. The van der Waals surface area contributed by atoms with Gasteiger partial charge in [-0.3, -0.25) is 10.1 Å². The van der Waals surface area contributed by atoms with Crippen molar-refractivity contribution < 1.29 is 9.18 Å². The summed E-state index contributed by atoms with van der Waals surface area (Å²) < 4.78 is 12.9. The topological polar surface area (TPSA) is 77.3 Å². The monoisotopic (exact) mass is 328 g/mol. The predicted molar refractivity (Wildman–Crippen MR) is 90.2 cm³/mol. The number of nitrogens with zero attached hydrogens (tertiary/aromatic N) is 2. The van der Waals surface area contributed by atoms with E-state index in [9.17, 15) is 9.18 Å². The Kier molecular flexibility index (Phi) is 5.72. The molecule has 7 heteroatoms. The van der Waals surface area contributed by atoms with E-state index in [1.165, 1.54) is 36.0 Å². The molecule has 0 spiro atoms. The summed E-state index contributed by atoms with van der Waals surface area (Å²) in [4.78, 5) is 16.6. The van der Waals surface area contributed by atoms with Crippen molar-refractivity contribution in [1.82, 2.24) is 5.32 Å². The van der Waals surface area contributed by atoms with Crippen molar-refractivity contribution in [1.29, 1.82) is 5.26 Å². The number of rotatable bonds is 3. The fourth-order valence-corrected chi connectivity index (χ4v) is 2.11. The first kappa shape index (κ1) is 16.5. The van der Waals surface area contributed by atoms with Crippen molar-refractivity contribution in [2.45, 2.75) is 0 Å². The molecule has 2 N–H and O–H groups in total. The van der Waals surface area contributed by atoms with Gasteiger partial charge in [0, 0.05) is 5.69 Å². The van der Waals surface area contributed by atoms with Crippen LogP contribution in [0.3, 0.4) is 0 Å². The molecule has 0 aliphatic carbocycles. The lowest BCUT2D eigenvalue weighted by Gasteiger charge is -2.08. The quantitative estimate of drug-likeness (QED) is 0.391. The van der Waals surface area contributed by atoms with Gasteiger partial charge in [0.2, 0.25) is 0 Å². The van der Waals surface area contributed by atoms with E-state index in [1.807, 2.05) is 0 Å². The number of thioether (sulfide) groups is 1. The van der Waals surface area contributed by atoms with Gasteiger partial charge >= 0.3 is 0 Å². The lowest BCUT2D eigenvalue weighted by Crippen LogP contribution is -2.14. The van der Waals surface area contributed by atoms with E-state index in [4.69, 9.17) is 5.26 Å². The highest BCUT2D eigenvalue weighted by atomic mass is 32.2. The normalized spacial score (nSPS) is 10.7. The SMILES string of the molecule is CSC(=Nc1ccccc1C(=O)Nc1ccc(F)cc1)NC#N. The third-order valence-electron chi connectivity index (χ3n) is 2.83. The van der Waals surface area contributed by atoms with Gasteiger partial charge in [0.25, 0.3) is 5.91 Å². The van der Waals surface area contributed by atoms with Crippen LogP contribution in [0, 0.1) is 17.3 Å². The van der Waals surface area contributed by atoms with Crippen molar-refractivity contribution >= 4 is 34.2 Å². The van der Waals surface area contributed by atoms with Crippen LogP contribution in [0.1, 0.15) is 10.4 Å². The standard InChI is InChI=1S/C16H13FN4OS/c1-23-16(19-10-18)21-14-5-3-2-4-13(14)15(22)20-12-8-6-11(17)7-9-12/h2-9H,1H3,(H,19,21)(H,20,22). The van der Waals surface area contributed by atoms with Crippen molar-refractivity contribution in [3.05, 3.63) is 59.9 Å². The number of carbonyl (C=O) groups excluding carboxylic acids is 1. The second kappa shape index (κ2) is 7.96. The number of para-hydroxylation sites is 1. The Bertz CT molecular complexity index is 768. The second-order valence-corrected chi connectivity index (χ2v) is 5.13. The van der Waals surface area contributed by atoms with Gasteiger partial charge in [-0.1, -0.05) is 23.9 Å². The molecule has 0 fully saturated rings. The smallest absolute Gasteiger partial charge is 0.257 e. The maximum Gasteiger partial charge on any atom is 0.257 e. The Balaban J connectivity index is 2.27. The average Bonchev–Trinajstić information content (AvgIpc) is 2.57. The molecule has 2 rings (SSSR count). The molecule has 0 radical (unpaired) electrons. The third kappa shape index (κ3) is 4.56. The average molecular weight is 328 g/mol. The Morgan fingerprint density at radius 2 is 1.91 bits per heavy atom. The molecule has 23 heavy (non-hydrogen) atoms. The molecule has 0 atom stereocenters. The summed E-state index contributed by atoms with van der Waals surface area (Å²) >= 11 is 1.26. The van der Waals surface area contributed by atoms with Gasteiger partial charge in [0.05, 0.1) is 11.3 Å². The van der Waals surface area contributed by atoms with Gasteiger partial charge < -0.3 is 5.32 Å². The van der Waals surface area contributed by atoms with Crippen LogP contribution in [-0.2, 0) is 0 Å². The van der Waals surface area contributed by atoms with Gasteiger partial charge in [-0.2, -0.15) is 5.26 Å². The van der Waals surface area contributed by atoms with Crippen molar-refractivity contribution in [3.63, 3.8) is 0 Å². The van der Waals surface area contributed by atoms with Gasteiger partial charge in [-0.15, -0.1) is 0 Å². The summed E-state index contributed by atoms with van der Waals surface area (Å²) in [6.07, 6.45) is 3.56. The Labute approximate surface area is 137 Å². The molecule has 0 aliphatic rings. The minimum Gasteiger partial charge on any atom is -0.322 e. The van der Waals surface area contributed by atoms with Crippen LogP contribution in [0.15, 0.2) is 53.5 Å². The largest absolute Gasteiger partial charge is 0.322 e. The molecule has 0 saturated carbocycles. The molecular weight excluding hydrogens is 315 g/mol. The Morgan fingerprint density at radius 3 is 2.57 bits per heavy atom. The van der Waals surface area contributed by atoms with Crippen LogP contribution in [0.5, 0.6) is 0 Å². The number of hydrogen-bond acceptors (Lipinski definition) is 4. The first-order valence-electron chi connectivity index (χ1n) is 6.58. The summed E-state index contributed by atoms with van der Waals surface area (Å²) in [6.45, 7) is 0. The molecule has 0 heterocycles. The molecule has 0 saturated heterocycles. The third-order valence-corrected chi connectivity index (χ3v) is 3.41. The van der Waals surface area contributed by atoms with E-state index in [0.29, 0.717) is 22.1 Å². The minimum atomic E-state index is -0.375.